The van der Waals surface area contributed by atoms with E-state index in [4.69, 9.17) is 5.11 Å². The van der Waals surface area contributed by atoms with Gasteiger partial charge in [-0.25, -0.2) is 0 Å². The number of carboxylic acids is 1. The molecule has 0 aromatic rings. The summed E-state index contributed by atoms with van der Waals surface area (Å²) in [7, 11) is 0. The molecule has 3 nitrogen and oxygen atoms in total. The first-order valence-electron chi connectivity index (χ1n) is 4.57. The zero-order chi connectivity index (χ0) is 9.84. The number of carboxylic acid groups (broad SMARTS) is 1. The minimum Gasteiger partial charge on any atom is -0.481 e. The molecule has 13 heavy (non-hydrogen) atoms. The van der Waals surface area contributed by atoms with E-state index in [1.165, 1.54) is 0 Å². The Kier molecular flexibility index (Phi) is 3.23. The summed E-state index contributed by atoms with van der Waals surface area (Å²) < 4.78 is 0. The van der Waals surface area contributed by atoms with Gasteiger partial charge in [0.1, 0.15) is 5.78 Å². The summed E-state index contributed by atoms with van der Waals surface area (Å²) in [6.45, 7) is 1.78. The zero-order valence-electron chi connectivity index (χ0n) is 7.69. The van der Waals surface area contributed by atoms with Crippen LogP contribution in [0.2, 0.25) is 0 Å². The van der Waals surface area contributed by atoms with Crippen LogP contribution in [0.5, 0.6) is 0 Å². The number of ketones is 1. The number of carbonyl (C=O) groups is 2. The molecule has 0 spiro atoms. The van der Waals surface area contributed by atoms with Crippen LogP contribution in [0.15, 0.2) is 12.2 Å². The quantitative estimate of drug-likeness (QED) is 0.675. The third-order valence-corrected chi connectivity index (χ3v) is 2.51. The summed E-state index contributed by atoms with van der Waals surface area (Å²) in [6, 6.07) is 0. The lowest BCUT2D eigenvalue weighted by molar-refractivity contribution is -0.146. The maximum atomic E-state index is 11.4. The molecule has 0 amide bonds. The van der Waals surface area contributed by atoms with Gasteiger partial charge in [0.2, 0.25) is 0 Å². The number of allylic oxidation sites excluding steroid dienone is 2. The average Bonchev–Trinajstić information content (AvgIpc) is 2.16. The SMILES string of the molecule is CCC(=O)[C@@H]1CC=CC[C@@H]1C(=O)O. The summed E-state index contributed by atoms with van der Waals surface area (Å²) in [5.74, 6) is -1.59. The van der Waals surface area contributed by atoms with E-state index in [1.807, 2.05) is 12.2 Å². The van der Waals surface area contributed by atoms with Gasteiger partial charge in [0.05, 0.1) is 5.92 Å². The molecule has 1 N–H and O–H groups in total. The van der Waals surface area contributed by atoms with Crippen LogP contribution in [0.1, 0.15) is 26.2 Å². The molecule has 0 aliphatic heterocycles. The van der Waals surface area contributed by atoms with Crippen molar-refractivity contribution >= 4 is 11.8 Å². The summed E-state index contributed by atoms with van der Waals surface area (Å²) in [6.07, 6.45) is 5.26. The second-order valence-electron chi connectivity index (χ2n) is 3.31. The fraction of sp³-hybridized carbons (Fsp3) is 0.600. The highest BCUT2D eigenvalue weighted by Crippen LogP contribution is 2.27. The van der Waals surface area contributed by atoms with Crippen molar-refractivity contribution < 1.29 is 14.7 Å². The topological polar surface area (TPSA) is 54.4 Å². The Morgan fingerprint density at radius 1 is 1.31 bits per heavy atom. The van der Waals surface area contributed by atoms with E-state index in [-0.39, 0.29) is 11.7 Å². The highest BCUT2D eigenvalue weighted by Gasteiger charge is 2.32. The van der Waals surface area contributed by atoms with E-state index < -0.39 is 11.9 Å². The predicted octanol–water partition coefficient (Wildman–Crippen LogP) is 1.63. The maximum absolute atomic E-state index is 11.4. The fourth-order valence-corrected chi connectivity index (χ4v) is 1.71. The normalized spacial score (nSPS) is 27.2. The molecule has 0 fully saturated rings. The van der Waals surface area contributed by atoms with Gasteiger partial charge in [-0.2, -0.15) is 0 Å². The van der Waals surface area contributed by atoms with Gasteiger partial charge < -0.3 is 5.11 Å². The molecule has 0 heterocycles. The van der Waals surface area contributed by atoms with Crippen LogP contribution in [0.25, 0.3) is 0 Å². The Labute approximate surface area is 77.4 Å². The van der Waals surface area contributed by atoms with Crippen molar-refractivity contribution in [3.63, 3.8) is 0 Å². The molecule has 0 bridgehead atoms. The van der Waals surface area contributed by atoms with Crippen molar-refractivity contribution in [2.24, 2.45) is 11.8 Å². The number of aliphatic carboxylic acids is 1. The maximum Gasteiger partial charge on any atom is 0.307 e. The van der Waals surface area contributed by atoms with E-state index in [1.54, 1.807) is 6.92 Å². The van der Waals surface area contributed by atoms with E-state index >= 15 is 0 Å². The molecule has 0 radical (unpaired) electrons. The van der Waals surface area contributed by atoms with Crippen LogP contribution in [-0.2, 0) is 9.59 Å². The molecule has 2 atom stereocenters. The van der Waals surface area contributed by atoms with E-state index in [0.717, 1.165) is 0 Å². The fourth-order valence-electron chi connectivity index (χ4n) is 1.71. The lowest BCUT2D eigenvalue weighted by atomic mass is 9.80. The number of Topliss-reactive ketones (excluding diaryl/α,β-unsaturated/α-hetero) is 1. The third kappa shape index (κ3) is 2.17. The number of carbonyl (C=O) groups excluding carboxylic acids is 1. The van der Waals surface area contributed by atoms with Gasteiger partial charge >= 0.3 is 5.97 Å². The van der Waals surface area contributed by atoms with Crippen molar-refractivity contribution in [2.45, 2.75) is 26.2 Å². The summed E-state index contributed by atoms with van der Waals surface area (Å²) >= 11 is 0. The van der Waals surface area contributed by atoms with Crippen LogP contribution >= 0.6 is 0 Å². The smallest absolute Gasteiger partial charge is 0.307 e. The highest BCUT2D eigenvalue weighted by molar-refractivity contribution is 5.86. The van der Waals surface area contributed by atoms with Crippen LogP contribution in [-0.4, -0.2) is 16.9 Å². The van der Waals surface area contributed by atoms with Crippen LogP contribution in [0.3, 0.4) is 0 Å². The highest BCUT2D eigenvalue weighted by atomic mass is 16.4. The van der Waals surface area contributed by atoms with Gasteiger partial charge in [0.25, 0.3) is 0 Å². The summed E-state index contributed by atoms with van der Waals surface area (Å²) in [5, 5.41) is 8.87. The number of rotatable bonds is 3. The van der Waals surface area contributed by atoms with Crippen LogP contribution < -0.4 is 0 Å². The Balaban J connectivity index is 2.75. The number of hydrogen-bond acceptors (Lipinski definition) is 2. The minimum absolute atomic E-state index is 0.0664. The molecule has 72 valence electrons. The predicted molar refractivity (Wildman–Crippen MR) is 48.3 cm³/mol. The standard InChI is InChI=1S/C10H14O3/c1-2-9(11)7-5-3-4-6-8(7)10(12)13/h3-4,7-8H,2,5-6H2,1H3,(H,12,13)/t7-,8+/m1/s1. The first-order chi connectivity index (χ1) is 6.16. The molecule has 1 aliphatic rings. The van der Waals surface area contributed by atoms with Crippen molar-refractivity contribution in [3.05, 3.63) is 12.2 Å². The molecule has 0 saturated heterocycles. The molecular weight excluding hydrogens is 168 g/mol. The summed E-state index contributed by atoms with van der Waals surface area (Å²) in [4.78, 5) is 22.2. The van der Waals surface area contributed by atoms with E-state index in [2.05, 4.69) is 0 Å². The van der Waals surface area contributed by atoms with Gasteiger partial charge in [-0.15, -0.1) is 0 Å². The van der Waals surface area contributed by atoms with Crippen molar-refractivity contribution in [1.82, 2.24) is 0 Å². The lowest BCUT2D eigenvalue weighted by Crippen LogP contribution is -2.30. The molecule has 0 aromatic heterocycles. The second-order valence-corrected chi connectivity index (χ2v) is 3.31. The zero-order valence-corrected chi connectivity index (χ0v) is 7.69. The molecule has 3 heteroatoms. The van der Waals surface area contributed by atoms with Crippen molar-refractivity contribution in [2.75, 3.05) is 0 Å². The summed E-state index contributed by atoms with van der Waals surface area (Å²) in [5.41, 5.74) is 0. The van der Waals surface area contributed by atoms with E-state index in [0.29, 0.717) is 19.3 Å². The largest absolute Gasteiger partial charge is 0.481 e. The average molecular weight is 182 g/mol. The molecular formula is C10H14O3. The molecule has 0 saturated carbocycles. The van der Waals surface area contributed by atoms with Gasteiger partial charge in [-0.05, 0) is 12.8 Å². The monoisotopic (exact) mass is 182 g/mol. The Hall–Kier alpha value is -1.12. The first kappa shape index (κ1) is 9.96. The number of hydrogen-bond donors (Lipinski definition) is 1. The van der Waals surface area contributed by atoms with Gasteiger partial charge in [-0.1, -0.05) is 19.1 Å². The first-order valence-corrected chi connectivity index (χ1v) is 4.57. The second kappa shape index (κ2) is 4.21. The Bertz CT molecular complexity index is 243. The third-order valence-electron chi connectivity index (χ3n) is 2.51. The van der Waals surface area contributed by atoms with Crippen LogP contribution in [0, 0.1) is 11.8 Å². The molecule has 0 aromatic carbocycles. The van der Waals surface area contributed by atoms with Crippen molar-refractivity contribution in [1.29, 1.82) is 0 Å². The lowest BCUT2D eigenvalue weighted by Gasteiger charge is -2.23. The molecule has 1 rings (SSSR count). The van der Waals surface area contributed by atoms with Gasteiger partial charge in [0.15, 0.2) is 0 Å². The van der Waals surface area contributed by atoms with Gasteiger partial charge in [-0.3, -0.25) is 9.59 Å². The Morgan fingerprint density at radius 2 is 1.85 bits per heavy atom. The molecule has 0 unspecified atom stereocenters. The minimum atomic E-state index is -0.851. The van der Waals surface area contributed by atoms with Gasteiger partial charge in [0, 0.05) is 12.3 Å². The van der Waals surface area contributed by atoms with E-state index in [9.17, 15) is 9.59 Å². The Morgan fingerprint density at radius 3 is 2.31 bits per heavy atom. The van der Waals surface area contributed by atoms with Crippen LogP contribution in [0.4, 0.5) is 0 Å². The van der Waals surface area contributed by atoms with Crippen molar-refractivity contribution in [3.8, 4) is 0 Å². The molecule has 1 aliphatic carbocycles.